The van der Waals surface area contributed by atoms with Crippen LogP contribution < -0.4 is 0 Å². The summed E-state index contributed by atoms with van der Waals surface area (Å²) in [5.41, 5.74) is 2.53. The first kappa shape index (κ1) is 20.7. The van der Waals surface area contributed by atoms with E-state index in [0.717, 1.165) is 24.5 Å². The van der Waals surface area contributed by atoms with Gasteiger partial charge in [-0.25, -0.2) is 0 Å². The van der Waals surface area contributed by atoms with E-state index in [0.29, 0.717) is 23.3 Å². The van der Waals surface area contributed by atoms with E-state index in [4.69, 9.17) is 0 Å². The molecule has 0 radical (unpaired) electrons. The van der Waals surface area contributed by atoms with E-state index in [-0.39, 0.29) is 0 Å². The van der Waals surface area contributed by atoms with Gasteiger partial charge in [-0.3, -0.25) is 0 Å². The molecule has 0 heterocycles. The van der Waals surface area contributed by atoms with Gasteiger partial charge in [-0.05, 0) is 86.5 Å². The molecular formula is C22H31NO2S. The Morgan fingerprint density at radius 1 is 0.846 bits per heavy atom. The summed E-state index contributed by atoms with van der Waals surface area (Å²) < 4.78 is 0. The summed E-state index contributed by atoms with van der Waals surface area (Å²) in [7, 11) is 4.23. The first-order valence-corrected chi connectivity index (χ1v) is 10.5. The maximum Gasteiger partial charge on any atom is 0.115 e. The molecule has 142 valence electrons. The maximum absolute atomic E-state index is 9.64. The number of phenols is 2. The topological polar surface area (TPSA) is 43.7 Å². The van der Waals surface area contributed by atoms with Gasteiger partial charge in [0.15, 0.2) is 0 Å². The number of phenolic OH excluding ortho intramolecular Hbond substituents is 2. The van der Waals surface area contributed by atoms with Gasteiger partial charge >= 0.3 is 0 Å². The Morgan fingerprint density at radius 2 is 1.35 bits per heavy atom. The van der Waals surface area contributed by atoms with Crippen LogP contribution in [0.2, 0.25) is 0 Å². The van der Waals surface area contributed by atoms with Crippen LogP contribution in [0.1, 0.15) is 42.7 Å². The van der Waals surface area contributed by atoms with Crippen LogP contribution in [0.15, 0.2) is 48.5 Å². The molecule has 0 amide bonds. The highest BCUT2D eigenvalue weighted by Crippen LogP contribution is 2.39. The van der Waals surface area contributed by atoms with Crippen molar-refractivity contribution in [3.8, 4) is 11.5 Å². The Labute approximate surface area is 162 Å². The fourth-order valence-electron chi connectivity index (χ4n) is 3.33. The second-order valence-corrected chi connectivity index (χ2v) is 8.19. The molecule has 4 heteroatoms. The summed E-state index contributed by atoms with van der Waals surface area (Å²) in [4.78, 5) is 2.23. The first-order valence-electron chi connectivity index (χ1n) is 9.31. The molecule has 0 bridgehead atoms. The molecule has 0 aromatic heterocycles. The summed E-state index contributed by atoms with van der Waals surface area (Å²) in [6.45, 7) is 3.34. The van der Waals surface area contributed by atoms with Gasteiger partial charge in [0.25, 0.3) is 0 Å². The second kappa shape index (κ2) is 10.5. The Bertz CT molecular complexity index is 640. The summed E-state index contributed by atoms with van der Waals surface area (Å²) in [6, 6.07) is 15.3. The predicted molar refractivity (Wildman–Crippen MR) is 112 cm³/mol. The van der Waals surface area contributed by atoms with Crippen molar-refractivity contribution in [3.05, 3.63) is 59.7 Å². The molecule has 0 aliphatic carbocycles. The van der Waals surface area contributed by atoms with Crippen LogP contribution in [0.25, 0.3) is 0 Å². The van der Waals surface area contributed by atoms with Crippen molar-refractivity contribution in [2.75, 3.05) is 32.1 Å². The molecule has 2 N–H and O–H groups in total. The van der Waals surface area contributed by atoms with Crippen LogP contribution in [-0.2, 0) is 0 Å². The number of benzene rings is 2. The van der Waals surface area contributed by atoms with Crippen LogP contribution >= 0.6 is 11.8 Å². The van der Waals surface area contributed by atoms with E-state index in [9.17, 15) is 10.2 Å². The third-order valence-electron chi connectivity index (χ3n) is 4.76. The van der Waals surface area contributed by atoms with E-state index in [2.05, 4.69) is 25.9 Å². The molecule has 0 spiro atoms. The molecule has 0 unspecified atom stereocenters. The molecule has 0 aliphatic heterocycles. The normalized spacial score (nSPS) is 13.7. The highest BCUT2D eigenvalue weighted by molar-refractivity contribution is 7.99. The Hall–Kier alpha value is -1.65. The lowest BCUT2D eigenvalue weighted by Crippen LogP contribution is -2.15. The third-order valence-corrected chi connectivity index (χ3v) is 5.93. The number of nitrogens with zero attached hydrogens (tertiary/aromatic N) is 1. The zero-order chi connectivity index (χ0) is 18.9. The average Bonchev–Trinajstić information content (AvgIpc) is 2.62. The van der Waals surface area contributed by atoms with Crippen molar-refractivity contribution in [1.29, 1.82) is 0 Å². The van der Waals surface area contributed by atoms with Gasteiger partial charge in [0, 0.05) is 5.75 Å². The molecule has 3 nitrogen and oxygen atoms in total. The highest BCUT2D eigenvalue weighted by atomic mass is 32.2. The minimum absolute atomic E-state index is 0.308. The summed E-state index contributed by atoms with van der Waals surface area (Å²) >= 11 is 2.01. The highest BCUT2D eigenvalue weighted by Gasteiger charge is 2.23. The molecule has 26 heavy (non-hydrogen) atoms. The molecule has 2 aromatic carbocycles. The minimum atomic E-state index is 0.308. The van der Waals surface area contributed by atoms with Gasteiger partial charge in [0.1, 0.15) is 11.5 Å². The number of hydrogen-bond acceptors (Lipinski definition) is 4. The molecule has 0 saturated carbocycles. The molecular weight excluding hydrogens is 342 g/mol. The van der Waals surface area contributed by atoms with Crippen LogP contribution in [0.4, 0.5) is 0 Å². The van der Waals surface area contributed by atoms with Crippen LogP contribution in [0.3, 0.4) is 0 Å². The van der Waals surface area contributed by atoms with E-state index in [1.165, 1.54) is 17.5 Å². The standard InChI is InChI=1S/C22H31NO2S/c1-4-21(17-6-10-19(24)11-7-17)22(16-26-15-5-14-23(2)3)18-8-12-20(25)13-9-18/h6-13,21-22,24-25H,4-5,14-16H2,1-3H3/t21-,22+/m1/s1. The van der Waals surface area contributed by atoms with Crippen molar-refractivity contribution in [1.82, 2.24) is 4.90 Å². The van der Waals surface area contributed by atoms with E-state index < -0.39 is 0 Å². The zero-order valence-electron chi connectivity index (χ0n) is 16.1. The van der Waals surface area contributed by atoms with Gasteiger partial charge in [-0.2, -0.15) is 11.8 Å². The van der Waals surface area contributed by atoms with Gasteiger partial charge in [0.05, 0.1) is 0 Å². The predicted octanol–water partition coefficient (Wildman–Crippen LogP) is 5.06. The number of aromatic hydroxyl groups is 2. The van der Waals surface area contributed by atoms with Gasteiger partial charge < -0.3 is 15.1 Å². The maximum atomic E-state index is 9.64. The summed E-state index contributed by atoms with van der Waals surface area (Å²) in [5.74, 6) is 3.60. The van der Waals surface area contributed by atoms with Crippen molar-refractivity contribution in [2.45, 2.75) is 31.6 Å². The number of thioether (sulfide) groups is 1. The lowest BCUT2D eigenvalue weighted by molar-refractivity contribution is 0.410. The van der Waals surface area contributed by atoms with Gasteiger partial charge in [-0.1, -0.05) is 31.2 Å². The quantitative estimate of drug-likeness (QED) is 0.571. The largest absolute Gasteiger partial charge is 0.508 e. The van der Waals surface area contributed by atoms with Crippen molar-refractivity contribution in [2.24, 2.45) is 0 Å². The van der Waals surface area contributed by atoms with E-state index in [1.54, 1.807) is 24.3 Å². The second-order valence-electron chi connectivity index (χ2n) is 7.04. The Balaban J connectivity index is 2.15. The molecule has 0 aliphatic rings. The molecule has 2 aromatic rings. The van der Waals surface area contributed by atoms with Crippen LogP contribution in [-0.4, -0.2) is 47.3 Å². The smallest absolute Gasteiger partial charge is 0.115 e. The molecule has 0 fully saturated rings. The van der Waals surface area contributed by atoms with Crippen LogP contribution in [0.5, 0.6) is 11.5 Å². The molecule has 2 atom stereocenters. The monoisotopic (exact) mass is 373 g/mol. The first-order chi connectivity index (χ1) is 12.5. The number of rotatable bonds is 10. The molecule has 2 rings (SSSR count). The van der Waals surface area contributed by atoms with Gasteiger partial charge in [-0.15, -0.1) is 0 Å². The lowest BCUT2D eigenvalue weighted by atomic mass is 9.81. The summed E-state index contributed by atoms with van der Waals surface area (Å²) in [5, 5.41) is 19.2. The van der Waals surface area contributed by atoms with Crippen molar-refractivity contribution < 1.29 is 10.2 Å². The van der Waals surface area contributed by atoms with Crippen molar-refractivity contribution in [3.63, 3.8) is 0 Å². The molecule has 0 saturated heterocycles. The lowest BCUT2D eigenvalue weighted by Gasteiger charge is -2.27. The Morgan fingerprint density at radius 3 is 1.81 bits per heavy atom. The van der Waals surface area contributed by atoms with E-state index in [1.807, 2.05) is 36.0 Å². The van der Waals surface area contributed by atoms with Crippen LogP contribution in [0, 0.1) is 0 Å². The third kappa shape index (κ3) is 6.26. The summed E-state index contributed by atoms with van der Waals surface area (Å²) in [6.07, 6.45) is 2.23. The zero-order valence-corrected chi connectivity index (χ0v) is 16.9. The fourth-order valence-corrected chi connectivity index (χ4v) is 4.51. The average molecular weight is 374 g/mol. The van der Waals surface area contributed by atoms with Gasteiger partial charge in [0.2, 0.25) is 0 Å². The van der Waals surface area contributed by atoms with Crippen molar-refractivity contribution >= 4 is 11.8 Å². The number of hydrogen-bond donors (Lipinski definition) is 2. The van der Waals surface area contributed by atoms with E-state index >= 15 is 0 Å². The minimum Gasteiger partial charge on any atom is -0.508 e. The SMILES string of the molecule is CC[C@H](c1ccc(O)cc1)[C@@H](CSCCCN(C)C)c1ccc(O)cc1. The fraction of sp³-hybridized carbons (Fsp3) is 0.455. The Kier molecular flexibility index (Phi) is 8.33.